The summed E-state index contributed by atoms with van der Waals surface area (Å²) in [6, 6.07) is 18.9. The van der Waals surface area contributed by atoms with E-state index in [0.29, 0.717) is 50.3 Å². The van der Waals surface area contributed by atoms with Crippen molar-refractivity contribution in [2.75, 3.05) is 18.6 Å². The lowest BCUT2D eigenvalue weighted by Crippen LogP contribution is -2.31. The number of carbonyl (C=O) groups excluding carboxylic acids is 2. The number of methoxy groups -OCH3 is 1. The SMILES string of the molecule is C=CCOc1ccc(C2C(C(=O)c3cc4cccc(OC)c4o3)=C(O)C(=O)N2c2nnc(SCc3ccccc3F)s2)cc1. The fourth-order valence-electron chi connectivity index (χ4n) is 4.81. The highest BCUT2D eigenvalue weighted by Gasteiger charge is 2.47. The number of thioether (sulfide) groups is 1. The first-order valence-electron chi connectivity index (χ1n) is 13.3. The van der Waals surface area contributed by atoms with Gasteiger partial charge in [0.1, 0.15) is 18.2 Å². The average Bonchev–Trinajstić information content (AvgIpc) is 3.76. The molecule has 1 aliphatic rings. The van der Waals surface area contributed by atoms with E-state index in [9.17, 15) is 19.1 Å². The number of hydrogen-bond donors (Lipinski definition) is 1. The number of benzene rings is 3. The Morgan fingerprint density at radius 3 is 2.70 bits per heavy atom. The van der Waals surface area contributed by atoms with Crippen molar-refractivity contribution in [3.05, 3.63) is 119 Å². The Bertz CT molecular complexity index is 1920. The molecule has 0 saturated carbocycles. The quantitative estimate of drug-likeness (QED) is 0.0709. The van der Waals surface area contributed by atoms with E-state index in [1.807, 2.05) is 0 Å². The number of aromatic nitrogens is 2. The van der Waals surface area contributed by atoms with Crippen molar-refractivity contribution in [2.24, 2.45) is 0 Å². The van der Waals surface area contributed by atoms with Gasteiger partial charge in [0.2, 0.25) is 10.9 Å². The van der Waals surface area contributed by atoms with Gasteiger partial charge in [-0.15, -0.1) is 10.2 Å². The van der Waals surface area contributed by atoms with Gasteiger partial charge in [-0.05, 0) is 41.5 Å². The number of ketones is 1. The summed E-state index contributed by atoms with van der Waals surface area (Å²) in [4.78, 5) is 28.8. The van der Waals surface area contributed by atoms with Gasteiger partial charge >= 0.3 is 0 Å². The van der Waals surface area contributed by atoms with Crippen molar-refractivity contribution >= 4 is 50.9 Å². The lowest BCUT2D eigenvalue weighted by atomic mass is 9.95. The third kappa shape index (κ3) is 5.45. The van der Waals surface area contributed by atoms with Crippen LogP contribution < -0.4 is 14.4 Å². The molecule has 2 aromatic heterocycles. The summed E-state index contributed by atoms with van der Waals surface area (Å²) in [6.07, 6.45) is 1.61. The average molecular weight is 630 g/mol. The number of amides is 1. The van der Waals surface area contributed by atoms with Gasteiger partial charge in [-0.2, -0.15) is 0 Å². The third-order valence-electron chi connectivity index (χ3n) is 6.88. The lowest BCUT2D eigenvalue weighted by Gasteiger charge is -2.24. The zero-order valence-corrected chi connectivity index (χ0v) is 24.9. The summed E-state index contributed by atoms with van der Waals surface area (Å²) < 4.78 is 31.5. The monoisotopic (exact) mass is 629 g/mol. The number of fused-ring (bicyclic) bond motifs is 1. The number of aliphatic hydroxyl groups excluding tert-OH is 1. The van der Waals surface area contributed by atoms with Gasteiger partial charge < -0.3 is 19.0 Å². The Labute approximate surface area is 259 Å². The fraction of sp³-hybridized carbons (Fsp3) is 0.125. The van der Waals surface area contributed by atoms with Crippen molar-refractivity contribution in [1.29, 1.82) is 0 Å². The molecule has 1 atom stereocenters. The normalized spacial score (nSPS) is 14.8. The molecular weight excluding hydrogens is 605 g/mol. The van der Waals surface area contributed by atoms with Crippen LogP contribution in [0, 0.1) is 5.82 Å². The Morgan fingerprint density at radius 2 is 1.95 bits per heavy atom. The van der Waals surface area contributed by atoms with E-state index in [1.54, 1.807) is 72.8 Å². The predicted molar refractivity (Wildman–Crippen MR) is 165 cm³/mol. The van der Waals surface area contributed by atoms with E-state index < -0.39 is 23.5 Å². The Morgan fingerprint density at radius 1 is 1.16 bits per heavy atom. The van der Waals surface area contributed by atoms with E-state index in [1.165, 1.54) is 29.8 Å². The zero-order valence-electron chi connectivity index (χ0n) is 23.2. The highest BCUT2D eigenvalue weighted by Crippen LogP contribution is 2.45. The number of halogens is 1. The molecule has 3 heterocycles. The molecule has 0 saturated heterocycles. The highest BCUT2D eigenvalue weighted by molar-refractivity contribution is 8.00. The molecule has 0 spiro atoms. The second-order valence-corrected chi connectivity index (χ2v) is 11.7. The number of aliphatic hydroxyl groups is 1. The number of anilines is 1. The predicted octanol–water partition coefficient (Wildman–Crippen LogP) is 7.07. The van der Waals surface area contributed by atoms with E-state index in [4.69, 9.17) is 13.9 Å². The van der Waals surface area contributed by atoms with Gasteiger partial charge in [-0.3, -0.25) is 14.5 Å². The first kappa shape index (κ1) is 29.1. The van der Waals surface area contributed by atoms with Gasteiger partial charge in [-0.1, -0.05) is 78.2 Å². The molecule has 6 rings (SSSR count). The first-order chi connectivity index (χ1) is 21.4. The number of ether oxygens (including phenoxy) is 2. The molecule has 3 aromatic carbocycles. The molecule has 9 nitrogen and oxygen atoms in total. The van der Waals surface area contributed by atoms with Crippen LogP contribution in [0.4, 0.5) is 9.52 Å². The van der Waals surface area contributed by atoms with E-state index in [0.717, 1.165) is 11.3 Å². The molecule has 1 aliphatic heterocycles. The van der Waals surface area contributed by atoms with Gasteiger partial charge in [0.15, 0.2) is 27.2 Å². The number of hydrogen-bond acceptors (Lipinski definition) is 10. The van der Waals surface area contributed by atoms with Crippen molar-refractivity contribution in [1.82, 2.24) is 10.2 Å². The topological polar surface area (TPSA) is 115 Å². The number of rotatable bonds is 11. The van der Waals surface area contributed by atoms with Crippen molar-refractivity contribution in [2.45, 2.75) is 16.1 Å². The van der Waals surface area contributed by atoms with E-state index in [-0.39, 0.29) is 22.3 Å². The summed E-state index contributed by atoms with van der Waals surface area (Å²) >= 11 is 2.35. The molecule has 5 aromatic rings. The lowest BCUT2D eigenvalue weighted by molar-refractivity contribution is -0.117. The second kappa shape index (κ2) is 12.3. The van der Waals surface area contributed by atoms with Crippen LogP contribution in [0.1, 0.15) is 27.7 Å². The summed E-state index contributed by atoms with van der Waals surface area (Å²) in [5, 5.41) is 20.3. The van der Waals surface area contributed by atoms with Crippen molar-refractivity contribution in [3.8, 4) is 11.5 Å². The maximum Gasteiger partial charge on any atom is 0.296 e. The number of carbonyl (C=O) groups is 2. The Balaban J connectivity index is 1.37. The molecule has 1 amide bonds. The second-order valence-electron chi connectivity index (χ2n) is 9.56. The van der Waals surface area contributed by atoms with Crippen LogP contribution in [0.5, 0.6) is 11.5 Å². The van der Waals surface area contributed by atoms with Gasteiger partial charge in [0, 0.05) is 11.1 Å². The van der Waals surface area contributed by atoms with Crippen LogP contribution in [-0.2, 0) is 10.5 Å². The largest absolute Gasteiger partial charge is 0.503 e. The molecule has 1 unspecified atom stereocenters. The number of furan rings is 1. The minimum atomic E-state index is -1.06. The minimum absolute atomic E-state index is 0.0740. The van der Waals surface area contributed by atoms with E-state index in [2.05, 4.69) is 16.8 Å². The fourth-order valence-corrected chi connectivity index (χ4v) is 6.66. The van der Waals surface area contributed by atoms with Crippen LogP contribution in [0.3, 0.4) is 0 Å². The number of para-hydroxylation sites is 1. The molecule has 0 bridgehead atoms. The standard InChI is InChI=1S/C32H24FN3O6S2/c1-3-15-41-21-13-11-18(12-14-21)26-25(27(37)24-16-19-8-6-10-23(40-2)29(19)42-24)28(38)30(39)36(26)31-34-35-32(44-31)43-17-20-7-4-5-9-22(20)33/h3-14,16,26,38H,1,15,17H2,2H3. The van der Waals surface area contributed by atoms with Crippen LogP contribution in [0.15, 0.2) is 106 Å². The van der Waals surface area contributed by atoms with Crippen molar-refractivity contribution < 1.29 is 33.0 Å². The number of Topliss-reactive ketones (excluding diaryl/α,β-unsaturated/α-hetero) is 1. The van der Waals surface area contributed by atoms with Crippen LogP contribution in [-0.4, -0.2) is 40.7 Å². The first-order valence-corrected chi connectivity index (χ1v) is 15.1. The highest BCUT2D eigenvalue weighted by atomic mass is 32.2. The molecule has 0 aliphatic carbocycles. The Kier molecular flexibility index (Phi) is 8.18. The molecule has 222 valence electrons. The number of nitrogens with zero attached hydrogens (tertiary/aromatic N) is 3. The van der Waals surface area contributed by atoms with Gasteiger partial charge in [-0.25, -0.2) is 4.39 Å². The van der Waals surface area contributed by atoms with E-state index >= 15 is 0 Å². The summed E-state index contributed by atoms with van der Waals surface area (Å²) in [7, 11) is 1.49. The summed E-state index contributed by atoms with van der Waals surface area (Å²) in [5.74, 6) is -1.34. The molecular formula is C32H24FN3O6S2. The zero-order chi connectivity index (χ0) is 30.8. The summed E-state index contributed by atoms with van der Waals surface area (Å²) in [5.41, 5.74) is 1.20. The molecule has 1 N–H and O–H groups in total. The minimum Gasteiger partial charge on any atom is -0.503 e. The maximum absolute atomic E-state index is 14.2. The molecule has 0 fully saturated rings. The third-order valence-corrected chi connectivity index (χ3v) is 8.98. The van der Waals surface area contributed by atoms with Crippen molar-refractivity contribution in [3.63, 3.8) is 0 Å². The Hall–Kier alpha value is -4.94. The van der Waals surface area contributed by atoms with Gasteiger partial charge in [0.25, 0.3) is 5.91 Å². The molecule has 44 heavy (non-hydrogen) atoms. The maximum atomic E-state index is 14.2. The van der Waals surface area contributed by atoms with Crippen LogP contribution >= 0.6 is 23.1 Å². The molecule has 0 radical (unpaired) electrons. The van der Waals surface area contributed by atoms with Crippen LogP contribution in [0.2, 0.25) is 0 Å². The van der Waals surface area contributed by atoms with Gasteiger partial charge in [0.05, 0.1) is 18.7 Å². The smallest absolute Gasteiger partial charge is 0.296 e. The van der Waals surface area contributed by atoms with Crippen LogP contribution in [0.25, 0.3) is 11.0 Å². The summed E-state index contributed by atoms with van der Waals surface area (Å²) in [6.45, 7) is 3.95. The molecule has 12 heteroatoms.